The number of sulfonamides is 1. The van der Waals surface area contributed by atoms with Crippen LogP contribution in [0.15, 0.2) is 18.2 Å². The van der Waals surface area contributed by atoms with Gasteiger partial charge in [-0.25, -0.2) is 17.5 Å². The molecule has 2 aliphatic rings. The predicted molar refractivity (Wildman–Crippen MR) is 107 cm³/mol. The van der Waals surface area contributed by atoms with Gasteiger partial charge < -0.3 is 9.47 Å². The van der Waals surface area contributed by atoms with E-state index in [2.05, 4.69) is 4.72 Å². The van der Waals surface area contributed by atoms with Crippen molar-refractivity contribution in [3.05, 3.63) is 34.6 Å². The van der Waals surface area contributed by atoms with Crippen molar-refractivity contribution in [2.24, 2.45) is 0 Å². The molecule has 0 saturated carbocycles. The molecule has 1 aromatic rings. The molecule has 9 heteroatoms. The highest BCUT2D eigenvalue weighted by atomic mass is 35.5. The van der Waals surface area contributed by atoms with E-state index in [1.165, 1.54) is 6.07 Å². The third-order valence-electron chi connectivity index (χ3n) is 5.22. The van der Waals surface area contributed by atoms with E-state index in [9.17, 15) is 12.8 Å². The van der Waals surface area contributed by atoms with Gasteiger partial charge in [-0.1, -0.05) is 17.7 Å². The van der Waals surface area contributed by atoms with E-state index in [4.69, 9.17) is 21.1 Å². The predicted octanol–water partition coefficient (Wildman–Crippen LogP) is 2.73. The molecule has 2 aliphatic heterocycles. The zero-order chi connectivity index (χ0) is 20.1. The van der Waals surface area contributed by atoms with Gasteiger partial charge in [-0.05, 0) is 38.3 Å². The lowest BCUT2D eigenvalue weighted by molar-refractivity contribution is -0.0342. The smallest absolute Gasteiger partial charge is 0.214 e. The number of morpholine rings is 1. The van der Waals surface area contributed by atoms with E-state index in [1.807, 2.05) is 11.8 Å². The first-order valence-electron chi connectivity index (χ1n) is 9.74. The van der Waals surface area contributed by atoms with Gasteiger partial charge in [-0.3, -0.25) is 4.90 Å². The van der Waals surface area contributed by atoms with Crippen LogP contribution in [-0.2, 0) is 19.5 Å². The number of hydrogen-bond donors (Lipinski definition) is 1. The Kier molecular flexibility index (Phi) is 7.69. The number of rotatable bonds is 7. The summed E-state index contributed by atoms with van der Waals surface area (Å²) in [6.45, 7) is 4.24. The second kappa shape index (κ2) is 9.82. The van der Waals surface area contributed by atoms with Gasteiger partial charge in [-0.2, -0.15) is 0 Å². The van der Waals surface area contributed by atoms with Crippen LogP contribution >= 0.6 is 11.6 Å². The largest absolute Gasteiger partial charge is 0.377 e. The van der Waals surface area contributed by atoms with Crippen molar-refractivity contribution in [1.29, 1.82) is 0 Å². The molecule has 0 aromatic heterocycles. The summed E-state index contributed by atoms with van der Waals surface area (Å²) >= 11 is 6.29. The second-order valence-corrected chi connectivity index (χ2v) is 9.70. The molecular formula is C19H28ClFN2O4S. The first kappa shape index (κ1) is 21.9. The molecule has 2 saturated heterocycles. The molecule has 0 aliphatic carbocycles. The Morgan fingerprint density at radius 3 is 2.82 bits per heavy atom. The number of nitrogens with zero attached hydrogens (tertiary/aromatic N) is 1. The van der Waals surface area contributed by atoms with Crippen LogP contribution in [0, 0.1) is 5.82 Å². The van der Waals surface area contributed by atoms with E-state index < -0.39 is 21.9 Å². The fourth-order valence-corrected chi connectivity index (χ4v) is 5.39. The van der Waals surface area contributed by atoms with Gasteiger partial charge in [0, 0.05) is 36.8 Å². The molecule has 3 rings (SSSR count). The summed E-state index contributed by atoms with van der Waals surface area (Å²) in [7, 11) is -3.56. The Hall–Kier alpha value is -0.770. The Labute approximate surface area is 171 Å². The highest BCUT2D eigenvalue weighted by Crippen LogP contribution is 2.31. The Morgan fingerprint density at radius 2 is 2.14 bits per heavy atom. The van der Waals surface area contributed by atoms with E-state index in [-0.39, 0.29) is 24.5 Å². The van der Waals surface area contributed by atoms with E-state index in [1.54, 1.807) is 12.1 Å². The number of benzene rings is 1. The van der Waals surface area contributed by atoms with Crippen LogP contribution in [0.25, 0.3) is 0 Å². The summed E-state index contributed by atoms with van der Waals surface area (Å²) in [5.41, 5.74) is 0.315. The van der Waals surface area contributed by atoms with Crippen molar-refractivity contribution in [2.75, 3.05) is 38.6 Å². The minimum absolute atomic E-state index is 0.0194. The van der Waals surface area contributed by atoms with Crippen LogP contribution in [0.3, 0.4) is 0 Å². The molecule has 0 radical (unpaired) electrons. The van der Waals surface area contributed by atoms with Gasteiger partial charge in [0.2, 0.25) is 10.0 Å². The SMILES string of the molecule is CC1CN(C(CNS(=O)(=O)CC2CCCCO2)c2c(F)cccc2Cl)CCO1. The number of hydrogen-bond acceptors (Lipinski definition) is 5. The molecule has 3 unspecified atom stereocenters. The fraction of sp³-hybridized carbons (Fsp3) is 0.684. The monoisotopic (exact) mass is 434 g/mol. The van der Waals surface area contributed by atoms with Gasteiger partial charge in [0.25, 0.3) is 0 Å². The average molecular weight is 435 g/mol. The minimum atomic E-state index is -3.56. The van der Waals surface area contributed by atoms with Gasteiger partial charge in [0.1, 0.15) is 5.82 Å². The van der Waals surface area contributed by atoms with Crippen LogP contribution in [-0.4, -0.2) is 64.1 Å². The summed E-state index contributed by atoms with van der Waals surface area (Å²) in [6, 6.07) is 4.01. The van der Waals surface area contributed by atoms with Crippen LogP contribution in [0.2, 0.25) is 5.02 Å². The average Bonchev–Trinajstić information content (AvgIpc) is 2.64. The highest BCUT2D eigenvalue weighted by Gasteiger charge is 2.31. The topological polar surface area (TPSA) is 67.9 Å². The van der Waals surface area contributed by atoms with Crippen LogP contribution in [0.4, 0.5) is 4.39 Å². The molecule has 6 nitrogen and oxygen atoms in total. The standard InChI is InChI=1S/C19H28ClFN2O4S/c1-14-12-23(8-10-26-14)18(19-16(20)6-4-7-17(19)21)11-22-28(24,25)13-15-5-2-3-9-27-15/h4,6-7,14-15,18,22H,2-3,5,8-13H2,1H3. The maximum atomic E-state index is 14.6. The minimum Gasteiger partial charge on any atom is -0.377 e. The van der Waals surface area contributed by atoms with Crippen LogP contribution in [0.1, 0.15) is 37.8 Å². The molecule has 2 fully saturated rings. The fourth-order valence-electron chi connectivity index (χ4n) is 3.82. The molecule has 158 valence electrons. The van der Waals surface area contributed by atoms with E-state index in [0.29, 0.717) is 36.9 Å². The molecule has 1 N–H and O–H groups in total. The second-order valence-electron chi connectivity index (χ2n) is 7.45. The molecular weight excluding hydrogens is 407 g/mol. The molecule has 3 atom stereocenters. The van der Waals surface area contributed by atoms with Crippen molar-refractivity contribution < 1.29 is 22.3 Å². The summed E-state index contributed by atoms with van der Waals surface area (Å²) in [5.74, 6) is -0.518. The maximum Gasteiger partial charge on any atom is 0.214 e. The summed E-state index contributed by atoms with van der Waals surface area (Å²) < 4.78 is 53.6. The lowest BCUT2D eigenvalue weighted by atomic mass is 10.0. The van der Waals surface area contributed by atoms with Gasteiger partial charge >= 0.3 is 0 Å². The molecule has 0 spiro atoms. The third-order valence-corrected chi connectivity index (χ3v) is 6.97. The number of ether oxygens (including phenoxy) is 2. The zero-order valence-corrected chi connectivity index (χ0v) is 17.6. The molecule has 1 aromatic carbocycles. The Balaban J connectivity index is 1.75. The number of nitrogens with one attached hydrogen (secondary N) is 1. The lowest BCUT2D eigenvalue weighted by Gasteiger charge is -2.38. The third kappa shape index (κ3) is 5.87. The summed E-state index contributed by atoms with van der Waals surface area (Å²) in [5, 5.41) is 0.291. The summed E-state index contributed by atoms with van der Waals surface area (Å²) in [4.78, 5) is 2.03. The molecule has 0 bridgehead atoms. The first-order valence-corrected chi connectivity index (χ1v) is 11.8. The van der Waals surface area contributed by atoms with Gasteiger partial charge in [-0.15, -0.1) is 0 Å². The van der Waals surface area contributed by atoms with E-state index in [0.717, 1.165) is 19.3 Å². The lowest BCUT2D eigenvalue weighted by Crippen LogP contribution is -2.47. The quantitative estimate of drug-likeness (QED) is 0.714. The van der Waals surface area contributed by atoms with Gasteiger partial charge in [0.05, 0.1) is 30.6 Å². The van der Waals surface area contributed by atoms with E-state index >= 15 is 0 Å². The van der Waals surface area contributed by atoms with Crippen LogP contribution in [0.5, 0.6) is 0 Å². The zero-order valence-electron chi connectivity index (χ0n) is 16.1. The molecule has 28 heavy (non-hydrogen) atoms. The van der Waals surface area contributed by atoms with Crippen molar-refractivity contribution in [3.8, 4) is 0 Å². The Morgan fingerprint density at radius 1 is 1.32 bits per heavy atom. The highest BCUT2D eigenvalue weighted by molar-refractivity contribution is 7.89. The van der Waals surface area contributed by atoms with Crippen molar-refractivity contribution >= 4 is 21.6 Å². The maximum absolute atomic E-state index is 14.6. The number of halogens is 2. The first-order chi connectivity index (χ1) is 13.4. The Bertz CT molecular complexity index is 738. The van der Waals surface area contributed by atoms with Crippen LogP contribution < -0.4 is 4.72 Å². The van der Waals surface area contributed by atoms with Crippen molar-refractivity contribution in [3.63, 3.8) is 0 Å². The molecule has 2 heterocycles. The summed E-state index contributed by atoms with van der Waals surface area (Å²) in [6.07, 6.45) is 2.37. The normalized spacial score (nSPS) is 25.5. The van der Waals surface area contributed by atoms with Crippen molar-refractivity contribution in [2.45, 2.75) is 44.4 Å². The van der Waals surface area contributed by atoms with Crippen molar-refractivity contribution in [1.82, 2.24) is 9.62 Å². The molecule has 0 amide bonds. The van der Waals surface area contributed by atoms with Gasteiger partial charge in [0.15, 0.2) is 0 Å².